The smallest absolute Gasteiger partial charge is 0.201 e. The Morgan fingerprint density at radius 2 is 1.83 bits per heavy atom. The molecule has 7 atom stereocenters. The number of rotatable bonds is 7. The number of fused-ring (bicyclic) bond motifs is 4. The minimum Gasteiger partial charge on any atom is -0.489 e. The third-order valence-electron chi connectivity index (χ3n) is 11.7. The van der Waals surface area contributed by atoms with Crippen LogP contribution in [0.15, 0.2) is 50.6 Å². The molecule has 0 amide bonds. The van der Waals surface area contributed by atoms with Gasteiger partial charge >= 0.3 is 0 Å². The Hall–Kier alpha value is -3.48. The minimum absolute atomic E-state index is 0.00905. The van der Waals surface area contributed by atoms with Crippen LogP contribution in [0, 0.1) is 0 Å². The van der Waals surface area contributed by atoms with E-state index in [4.69, 9.17) is 25.4 Å². The molecule has 11 N–H and O–H groups in total. The Morgan fingerprint density at radius 1 is 1.09 bits per heavy atom. The maximum absolute atomic E-state index is 15.6. The van der Waals surface area contributed by atoms with Crippen LogP contribution in [-0.2, 0) is 5.60 Å². The zero-order valence-electron chi connectivity index (χ0n) is 29.7. The summed E-state index contributed by atoms with van der Waals surface area (Å²) in [7, 11) is 2.22. The van der Waals surface area contributed by atoms with Gasteiger partial charge in [0.1, 0.15) is 45.5 Å². The average Bonchev–Trinajstić information content (AvgIpc) is 3.79. The van der Waals surface area contributed by atoms with Crippen molar-refractivity contribution in [3.05, 3.63) is 74.7 Å². The molecule has 1 aromatic heterocycles. The van der Waals surface area contributed by atoms with Crippen LogP contribution in [0.3, 0.4) is 0 Å². The summed E-state index contributed by atoms with van der Waals surface area (Å²) >= 11 is 0. The zero-order valence-corrected chi connectivity index (χ0v) is 31.4. The molecule has 3 heterocycles. The van der Waals surface area contributed by atoms with E-state index in [9.17, 15) is 30.7 Å². The number of nitrogens with one attached hydrogen (secondary N) is 1. The van der Waals surface area contributed by atoms with E-state index in [-0.39, 0.29) is 69.5 Å². The molecule has 0 spiro atoms. The normalized spacial score (nSPS) is 31.9. The van der Waals surface area contributed by atoms with Crippen LogP contribution in [0.25, 0.3) is 11.0 Å². The molecular weight excluding hydrogens is 737 g/mol. The van der Waals surface area contributed by atoms with Gasteiger partial charge in [-0.3, -0.25) is 15.5 Å². The molecule has 0 saturated heterocycles. The van der Waals surface area contributed by atoms with E-state index in [0.717, 1.165) is 47.3 Å². The van der Waals surface area contributed by atoms with Gasteiger partial charge in [0.15, 0.2) is 12.2 Å². The lowest BCUT2D eigenvalue weighted by molar-refractivity contribution is -0.0734. The molecule has 2 bridgehead atoms. The first-order valence-corrected chi connectivity index (χ1v) is 20.7. The Balaban J connectivity index is 1.50. The maximum atomic E-state index is 15.6. The number of anilines is 1. The van der Waals surface area contributed by atoms with Crippen LogP contribution in [0.1, 0.15) is 103 Å². The monoisotopic (exact) mass is 782 g/mol. The van der Waals surface area contributed by atoms with Crippen molar-refractivity contribution in [3.63, 3.8) is 0 Å². The van der Waals surface area contributed by atoms with Crippen molar-refractivity contribution < 1.29 is 44.6 Å². The molecule has 8 rings (SSSR count). The number of aliphatic hydroxyl groups is 5. The van der Waals surface area contributed by atoms with Gasteiger partial charge in [-0.15, -0.1) is 0 Å². The van der Waals surface area contributed by atoms with Gasteiger partial charge in [0, 0.05) is 29.6 Å². The molecule has 3 aromatic rings. The third kappa shape index (κ3) is 6.15. The molecule has 2 saturated carbocycles. The summed E-state index contributed by atoms with van der Waals surface area (Å²) < 4.78 is 20.5. The number of nitrogens with zero attached hydrogens (tertiary/aromatic N) is 1. The predicted molar refractivity (Wildman–Crippen MR) is 205 cm³/mol. The number of benzene rings is 2. The quantitative estimate of drug-likeness (QED) is 0.0414. The lowest BCUT2D eigenvalue weighted by Gasteiger charge is -2.38. The van der Waals surface area contributed by atoms with E-state index in [1.807, 2.05) is 0 Å². The largest absolute Gasteiger partial charge is 0.489 e. The number of hydrogen-bond acceptors (Lipinski definition) is 14. The number of aliphatic imine (C=N–C) groups is 1. The van der Waals surface area contributed by atoms with Gasteiger partial charge in [0.2, 0.25) is 5.43 Å². The van der Waals surface area contributed by atoms with Crippen molar-refractivity contribution in [2.75, 3.05) is 17.8 Å². The fraction of sp³-hybridized carbons (Fsp3) is 0.526. The van der Waals surface area contributed by atoms with E-state index in [1.165, 1.54) is 6.08 Å². The first-order valence-electron chi connectivity index (χ1n) is 18.3. The van der Waals surface area contributed by atoms with E-state index >= 15 is 4.79 Å². The minimum atomic E-state index is -2.04. The SMILES string of the molecule is CC1(O)CCCC2c3c(c4c5oc6c(c(=O)c5c3OC3CCCC3)C(c3ccc(NO)cc3)C=CC6(O)CC(CO)(N=C(N)N)CSSC4C(O)O)OC21. The molecular formula is C38H46N4O10S2. The second-order valence-corrected chi connectivity index (χ2v) is 18.1. The maximum Gasteiger partial charge on any atom is 0.201 e. The molecule has 7 unspecified atom stereocenters. The highest BCUT2D eigenvalue weighted by Crippen LogP contribution is 2.61. The fourth-order valence-corrected chi connectivity index (χ4v) is 12.2. The molecule has 2 aromatic carbocycles. The van der Waals surface area contributed by atoms with E-state index in [0.29, 0.717) is 36.1 Å². The molecule has 14 nitrogen and oxygen atoms in total. The van der Waals surface area contributed by atoms with Crippen molar-refractivity contribution in [1.82, 2.24) is 0 Å². The summed E-state index contributed by atoms with van der Waals surface area (Å²) in [5.74, 6) is -1.02. The Kier molecular flexibility index (Phi) is 9.65. The molecule has 3 aliphatic carbocycles. The van der Waals surface area contributed by atoms with Crippen LogP contribution >= 0.6 is 21.6 Å². The van der Waals surface area contributed by atoms with E-state index in [2.05, 4.69) is 10.5 Å². The van der Waals surface area contributed by atoms with Crippen molar-refractivity contribution >= 4 is 44.2 Å². The molecule has 2 fully saturated rings. The Bertz CT molecular complexity index is 2060. The number of guanidine groups is 1. The van der Waals surface area contributed by atoms with Crippen LogP contribution in [0.2, 0.25) is 0 Å². The number of allylic oxidation sites excluding steroid dienone is 1. The Labute approximate surface area is 319 Å². The lowest BCUT2D eigenvalue weighted by Crippen LogP contribution is -2.47. The standard InChI is InChI=1S/C38H46N4O10S2/c1-36(47)13-4-7-22-24-28(50-20-5-2-3-6-20)25-27(44)23-21(18-8-10-19(42-49)11-9-18)12-14-38(48)15-37(16-43,41-35(39)40)17-53-54-31(34(45)46)26(29(24)51-32(22)36)30(25)52-33(23)38/h8-12,14,20-22,31-32,34,42-43,45-49H,2-7,13,15-17H2,1H3,(H4,39,40,41). The molecule has 2 aliphatic heterocycles. The first-order chi connectivity index (χ1) is 25.8. The molecule has 0 radical (unpaired) electrons. The number of nitrogens with two attached hydrogens (primary N) is 2. The van der Waals surface area contributed by atoms with Gasteiger partial charge in [-0.2, -0.15) is 0 Å². The molecule has 16 heteroatoms. The molecule has 290 valence electrons. The number of aliphatic hydroxyl groups excluding tert-OH is 2. The van der Waals surface area contributed by atoms with E-state index < -0.39 is 52.3 Å². The Morgan fingerprint density at radius 3 is 2.50 bits per heavy atom. The van der Waals surface area contributed by atoms with E-state index in [1.54, 1.807) is 37.3 Å². The van der Waals surface area contributed by atoms with Gasteiger partial charge in [-0.25, -0.2) is 4.99 Å². The zero-order chi connectivity index (χ0) is 38.2. The highest BCUT2D eigenvalue weighted by Gasteiger charge is 2.54. The van der Waals surface area contributed by atoms with Gasteiger partial charge in [-0.05, 0) is 75.6 Å². The second-order valence-electron chi connectivity index (χ2n) is 15.6. The summed E-state index contributed by atoms with van der Waals surface area (Å²) in [4.78, 5) is 20.0. The summed E-state index contributed by atoms with van der Waals surface area (Å²) in [6, 6.07) is 6.79. The summed E-state index contributed by atoms with van der Waals surface area (Å²) in [5.41, 5.74) is 10.6. The molecule has 54 heavy (non-hydrogen) atoms. The lowest BCUT2D eigenvalue weighted by atomic mass is 9.73. The van der Waals surface area contributed by atoms with Crippen molar-refractivity contribution in [3.8, 4) is 11.5 Å². The summed E-state index contributed by atoms with van der Waals surface area (Å²) in [6.45, 7) is 1.12. The summed E-state index contributed by atoms with van der Waals surface area (Å²) in [6.07, 6.45) is 5.26. The second kappa shape index (κ2) is 13.9. The van der Waals surface area contributed by atoms with Gasteiger partial charge in [0.05, 0.1) is 40.4 Å². The molecule has 5 aliphatic rings. The van der Waals surface area contributed by atoms with Gasteiger partial charge in [-0.1, -0.05) is 39.8 Å². The van der Waals surface area contributed by atoms with Gasteiger partial charge < -0.3 is 50.9 Å². The number of ether oxygens (including phenoxy) is 2. The van der Waals surface area contributed by atoms with Crippen LogP contribution in [0.4, 0.5) is 5.69 Å². The van der Waals surface area contributed by atoms with Crippen LogP contribution in [-0.4, -0.2) is 78.7 Å². The third-order valence-corrected chi connectivity index (χ3v) is 14.6. The first kappa shape index (κ1) is 37.4. The fourth-order valence-electron chi connectivity index (χ4n) is 9.20. The number of hydrogen-bond donors (Lipinski definition) is 9. The van der Waals surface area contributed by atoms with Crippen LogP contribution in [0.5, 0.6) is 11.5 Å². The average molecular weight is 783 g/mol. The van der Waals surface area contributed by atoms with Crippen LogP contribution < -0.4 is 31.8 Å². The topological polar surface area (TPSA) is 246 Å². The van der Waals surface area contributed by atoms with Crippen molar-refractivity contribution in [2.24, 2.45) is 16.5 Å². The summed E-state index contributed by atoms with van der Waals surface area (Å²) in [5, 5.41) is 66.0. The predicted octanol–water partition coefficient (Wildman–Crippen LogP) is 3.73. The van der Waals surface area contributed by atoms with Gasteiger partial charge in [0.25, 0.3) is 0 Å². The highest BCUT2D eigenvalue weighted by molar-refractivity contribution is 8.76. The van der Waals surface area contributed by atoms with Crippen molar-refractivity contribution in [1.29, 1.82) is 0 Å². The van der Waals surface area contributed by atoms with Crippen molar-refractivity contribution in [2.45, 2.75) is 111 Å². The highest BCUT2D eigenvalue weighted by atomic mass is 33.1.